The summed E-state index contributed by atoms with van der Waals surface area (Å²) in [5.41, 5.74) is 6.08. The highest BCUT2D eigenvalue weighted by atomic mass is 35.5. The number of rotatable bonds is 8. The van der Waals surface area contributed by atoms with Gasteiger partial charge in [0.1, 0.15) is 12.4 Å². The minimum absolute atomic E-state index is 0. The summed E-state index contributed by atoms with van der Waals surface area (Å²) in [6.07, 6.45) is 1.13. The maximum absolute atomic E-state index is 11.5. The molecule has 0 aliphatic carbocycles. The van der Waals surface area contributed by atoms with E-state index >= 15 is 0 Å². The molecule has 0 spiro atoms. The monoisotopic (exact) mass is 288 g/mol. The van der Waals surface area contributed by atoms with E-state index in [9.17, 15) is 4.79 Å². The van der Waals surface area contributed by atoms with Crippen molar-refractivity contribution in [1.82, 2.24) is 0 Å². The number of carbonyl (C=O) groups excluding carboxylic acids is 1. The number of hydrogen-bond acceptors (Lipinski definition) is 4. The molecule has 0 saturated carbocycles. The molecule has 19 heavy (non-hydrogen) atoms. The molecule has 0 radical (unpaired) electrons. The van der Waals surface area contributed by atoms with Crippen molar-refractivity contribution in [2.24, 2.45) is 5.73 Å². The minimum Gasteiger partial charge on any atom is -0.491 e. The van der Waals surface area contributed by atoms with E-state index in [1.54, 1.807) is 13.2 Å². The zero-order valence-corrected chi connectivity index (χ0v) is 11.9. The van der Waals surface area contributed by atoms with Gasteiger partial charge in [0.25, 0.3) is 0 Å². The number of methoxy groups -OCH3 is 1. The highest BCUT2D eigenvalue weighted by Gasteiger charge is 2.02. The highest BCUT2D eigenvalue weighted by molar-refractivity contribution is 5.90. The van der Waals surface area contributed by atoms with Crippen LogP contribution in [0.2, 0.25) is 0 Å². The van der Waals surface area contributed by atoms with Crippen LogP contribution < -0.4 is 15.8 Å². The molecule has 0 aliphatic rings. The van der Waals surface area contributed by atoms with Crippen LogP contribution in [0.5, 0.6) is 5.75 Å². The Balaban J connectivity index is 0.00000324. The molecule has 3 N–H and O–H groups in total. The second-order valence-corrected chi connectivity index (χ2v) is 3.81. The Bertz CT molecular complexity index is 375. The maximum Gasteiger partial charge on any atom is 0.224 e. The smallest absolute Gasteiger partial charge is 0.224 e. The van der Waals surface area contributed by atoms with Crippen molar-refractivity contribution < 1.29 is 14.3 Å². The van der Waals surface area contributed by atoms with Crippen LogP contribution in [-0.4, -0.2) is 32.8 Å². The van der Waals surface area contributed by atoms with E-state index in [-0.39, 0.29) is 18.3 Å². The molecule has 0 heterocycles. The molecule has 0 fully saturated rings. The first kappa shape index (κ1) is 17.7. The lowest BCUT2D eigenvalue weighted by Crippen LogP contribution is -2.13. The number of ether oxygens (including phenoxy) is 2. The zero-order valence-electron chi connectivity index (χ0n) is 11.1. The van der Waals surface area contributed by atoms with E-state index < -0.39 is 0 Å². The first-order chi connectivity index (χ1) is 8.76. The lowest BCUT2D eigenvalue weighted by atomic mass is 10.2. The number of nitrogens with one attached hydrogen (secondary N) is 1. The van der Waals surface area contributed by atoms with Gasteiger partial charge in [-0.25, -0.2) is 0 Å². The first-order valence-corrected chi connectivity index (χ1v) is 5.98. The topological polar surface area (TPSA) is 73.6 Å². The van der Waals surface area contributed by atoms with Crippen molar-refractivity contribution in [2.75, 3.05) is 32.2 Å². The van der Waals surface area contributed by atoms with Crippen LogP contribution >= 0.6 is 12.4 Å². The number of anilines is 1. The fourth-order valence-corrected chi connectivity index (χ4v) is 1.39. The quantitative estimate of drug-likeness (QED) is 0.716. The molecule has 0 unspecified atom stereocenters. The summed E-state index contributed by atoms with van der Waals surface area (Å²) in [5.74, 6) is 0.679. The summed E-state index contributed by atoms with van der Waals surface area (Å²) in [5, 5.41) is 2.80. The average Bonchev–Trinajstić information content (AvgIpc) is 2.37. The van der Waals surface area contributed by atoms with E-state index in [1.807, 2.05) is 18.2 Å². The van der Waals surface area contributed by atoms with Gasteiger partial charge in [0.05, 0.1) is 6.61 Å². The van der Waals surface area contributed by atoms with Crippen molar-refractivity contribution in [3.63, 3.8) is 0 Å². The van der Waals surface area contributed by atoms with Crippen molar-refractivity contribution >= 4 is 24.0 Å². The Hall–Kier alpha value is -1.30. The fourth-order valence-electron chi connectivity index (χ4n) is 1.39. The molecule has 1 rings (SSSR count). The largest absolute Gasteiger partial charge is 0.491 e. The van der Waals surface area contributed by atoms with Crippen molar-refractivity contribution in [2.45, 2.75) is 12.8 Å². The second kappa shape index (κ2) is 10.6. The molecular formula is C13H21ClN2O3. The average molecular weight is 289 g/mol. The Morgan fingerprint density at radius 1 is 1.37 bits per heavy atom. The number of carbonyl (C=O) groups is 1. The third kappa shape index (κ3) is 7.66. The third-order valence-electron chi connectivity index (χ3n) is 2.28. The zero-order chi connectivity index (χ0) is 13.2. The van der Waals surface area contributed by atoms with Crippen LogP contribution in [0.1, 0.15) is 12.8 Å². The van der Waals surface area contributed by atoms with Gasteiger partial charge >= 0.3 is 0 Å². The number of benzene rings is 1. The predicted octanol–water partition coefficient (Wildman–Crippen LogP) is 1.81. The Morgan fingerprint density at radius 3 is 2.84 bits per heavy atom. The van der Waals surface area contributed by atoms with Crippen molar-refractivity contribution in [3.8, 4) is 5.75 Å². The van der Waals surface area contributed by atoms with Gasteiger partial charge in [-0.1, -0.05) is 6.07 Å². The molecule has 108 valence electrons. The fraction of sp³-hybridized carbons (Fsp3) is 0.462. The summed E-state index contributed by atoms with van der Waals surface area (Å²) in [4.78, 5) is 11.5. The molecule has 1 aromatic rings. The summed E-state index contributed by atoms with van der Waals surface area (Å²) in [6, 6.07) is 7.28. The standard InChI is InChI=1S/C13H20N2O3.ClH/c1-17-8-9-18-12-5-2-4-11(10-12)15-13(16)6-3-7-14;/h2,4-5,10H,3,6-9,14H2,1H3,(H,15,16);1H. The summed E-state index contributed by atoms with van der Waals surface area (Å²) < 4.78 is 10.3. The maximum atomic E-state index is 11.5. The molecule has 0 atom stereocenters. The molecule has 6 heteroatoms. The van der Waals surface area contributed by atoms with E-state index in [0.29, 0.717) is 38.3 Å². The van der Waals surface area contributed by atoms with Crippen LogP contribution in [0, 0.1) is 0 Å². The van der Waals surface area contributed by atoms with Crippen molar-refractivity contribution in [1.29, 1.82) is 0 Å². The van der Waals surface area contributed by atoms with Gasteiger partial charge < -0.3 is 20.5 Å². The van der Waals surface area contributed by atoms with Gasteiger partial charge in [-0.3, -0.25) is 4.79 Å². The minimum atomic E-state index is -0.0329. The summed E-state index contributed by atoms with van der Waals surface area (Å²) in [7, 11) is 1.62. The molecule has 1 aromatic carbocycles. The number of amides is 1. The Labute approximate surface area is 119 Å². The van der Waals surface area contributed by atoms with Crippen LogP contribution in [0.4, 0.5) is 5.69 Å². The van der Waals surface area contributed by atoms with E-state index in [2.05, 4.69) is 5.32 Å². The normalized spacial score (nSPS) is 9.58. The molecule has 0 aromatic heterocycles. The summed E-state index contributed by atoms with van der Waals surface area (Å²) in [6.45, 7) is 1.54. The number of halogens is 1. The highest BCUT2D eigenvalue weighted by Crippen LogP contribution is 2.17. The van der Waals surface area contributed by atoms with Gasteiger partial charge in [0, 0.05) is 25.3 Å². The predicted molar refractivity (Wildman–Crippen MR) is 78.0 cm³/mol. The van der Waals surface area contributed by atoms with Gasteiger partial charge in [-0.05, 0) is 25.1 Å². The lowest BCUT2D eigenvalue weighted by molar-refractivity contribution is -0.116. The SMILES string of the molecule is COCCOc1cccc(NC(=O)CCCN)c1.Cl. The number of hydrogen-bond donors (Lipinski definition) is 2. The third-order valence-corrected chi connectivity index (χ3v) is 2.28. The number of nitrogens with two attached hydrogens (primary N) is 1. The Kier molecular flexibility index (Phi) is 9.88. The van der Waals surface area contributed by atoms with Gasteiger partial charge in [-0.2, -0.15) is 0 Å². The van der Waals surface area contributed by atoms with Gasteiger partial charge in [0.15, 0.2) is 0 Å². The first-order valence-electron chi connectivity index (χ1n) is 5.98. The van der Waals surface area contributed by atoms with E-state index in [0.717, 1.165) is 5.69 Å². The van der Waals surface area contributed by atoms with Crippen molar-refractivity contribution in [3.05, 3.63) is 24.3 Å². The van der Waals surface area contributed by atoms with E-state index in [1.165, 1.54) is 0 Å². The molecule has 1 amide bonds. The molecule has 0 aliphatic heterocycles. The van der Waals surface area contributed by atoms with Crippen LogP contribution in [0.25, 0.3) is 0 Å². The van der Waals surface area contributed by atoms with Gasteiger partial charge in [-0.15, -0.1) is 12.4 Å². The molecule has 5 nitrogen and oxygen atoms in total. The van der Waals surface area contributed by atoms with Crippen LogP contribution in [0.15, 0.2) is 24.3 Å². The summed E-state index contributed by atoms with van der Waals surface area (Å²) >= 11 is 0. The molecule has 0 saturated heterocycles. The van der Waals surface area contributed by atoms with Crippen LogP contribution in [0.3, 0.4) is 0 Å². The molecular weight excluding hydrogens is 268 g/mol. The molecule has 0 bridgehead atoms. The Morgan fingerprint density at radius 2 is 2.16 bits per heavy atom. The van der Waals surface area contributed by atoms with E-state index in [4.69, 9.17) is 15.2 Å². The lowest BCUT2D eigenvalue weighted by Gasteiger charge is -2.08. The van der Waals surface area contributed by atoms with Gasteiger partial charge in [0.2, 0.25) is 5.91 Å². The van der Waals surface area contributed by atoms with Crippen LogP contribution in [-0.2, 0) is 9.53 Å². The second-order valence-electron chi connectivity index (χ2n) is 3.81.